The van der Waals surface area contributed by atoms with Gasteiger partial charge in [-0.3, -0.25) is 0 Å². The largest absolute Gasteiger partial charge is 0.483 e. The van der Waals surface area contributed by atoms with E-state index in [-0.39, 0.29) is 0 Å². The van der Waals surface area contributed by atoms with E-state index in [4.69, 9.17) is 5.11 Å². The van der Waals surface area contributed by atoms with Crippen LogP contribution in [0.1, 0.15) is 0 Å². The molecule has 0 saturated heterocycles. The van der Waals surface area contributed by atoms with Gasteiger partial charge >= 0.3 is 48.8 Å². The quantitative estimate of drug-likeness (QED) is 0.520. The molecule has 0 saturated carbocycles. The van der Waals surface area contributed by atoms with Crippen LogP contribution < -0.4 is 0 Å². The summed E-state index contributed by atoms with van der Waals surface area (Å²) in [5.41, 5.74) is 0. The Bertz CT molecular complexity index is 581. The highest BCUT2D eigenvalue weighted by atomic mass is 19.4. The maximum absolute atomic E-state index is 12.8. The lowest BCUT2D eigenvalue weighted by atomic mass is 10.5. The fourth-order valence-corrected chi connectivity index (χ4v) is 0.822. The minimum Gasteiger partial charge on any atom is -0.475 e. The molecule has 0 rings (SSSR count). The third-order valence-corrected chi connectivity index (χ3v) is 2.03. The number of hydrogen-bond acceptors (Lipinski definition) is 4. The van der Waals surface area contributed by atoms with Crippen LogP contribution in [0.5, 0.6) is 0 Å². The molecule has 0 amide bonds. The van der Waals surface area contributed by atoms with Crippen molar-refractivity contribution in [2.45, 2.75) is 42.8 Å². The van der Waals surface area contributed by atoms with Crippen molar-refractivity contribution in [2.75, 3.05) is 0 Å². The van der Waals surface area contributed by atoms with E-state index in [1.54, 1.807) is 4.74 Å². The molecule has 1 N–H and O–H groups in total. The summed E-state index contributed by atoms with van der Waals surface area (Å²) in [6, 6.07) is 0. The lowest BCUT2D eigenvalue weighted by Crippen LogP contribution is -2.59. The predicted octanol–water partition coefficient (Wildman–Crippen LogP) is 4.24. The van der Waals surface area contributed by atoms with Crippen LogP contribution in [-0.2, 0) is 19.0 Å². The second-order valence-corrected chi connectivity index (χ2v) is 4.21. The third kappa shape index (κ3) is 5.43. The van der Waals surface area contributed by atoms with E-state index < -0.39 is 48.8 Å². The minimum atomic E-state index is -7.46. The zero-order chi connectivity index (χ0) is 23.2. The summed E-state index contributed by atoms with van der Waals surface area (Å²) in [5.74, 6) is -3.71. The number of alkyl halides is 15. The molecule has 0 aromatic carbocycles. The summed E-state index contributed by atoms with van der Waals surface area (Å²) >= 11 is 0. The molecule has 0 radical (unpaired) electrons. The molecule has 0 aromatic rings. The Hall–Kier alpha value is -1.70. The first kappa shape index (κ1) is 26.3. The molecule has 5 nitrogen and oxygen atoms in total. The molecule has 168 valence electrons. The number of aliphatic carboxylic acids is 1. The molecule has 0 bridgehead atoms. The second kappa shape index (κ2) is 6.97. The average Bonchev–Trinajstić information content (AvgIpc) is 2.32. The normalized spacial score (nSPS) is 15.7. The van der Waals surface area contributed by atoms with Gasteiger partial charge in [0.2, 0.25) is 0 Å². The van der Waals surface area contributed by atoms with Gasteiger partial charge in [0.05, 0.1) is 0 Å². The number of rotatable bonds is 9. The summed E-state index contributed by atoms with van der Waals surface area (Å²) in [7, 11) is 0. The van der Waals surface area contributed by atoms with Crippen molar-refractivity contribution < 1.29 is 90.0 Å². The summed E-state index contributed by atoms with van der Waals surface area (Å²) in [4.78, 5) is 9.75. The Kier molecular flexibility index (Phi) is 6.55. The van der Waals surface area contributed by atoms with Gasteiger partial charge in [-0.2, -0.15) is 65.9 Å². The Labute approximate surface area is 140 Å². The van der Waals surface area contributed by atoms with Crippen molar-refractivity contribution in [3.8, 4) is 0 Å². The van der Waals surface area contributed by atoms with Gasteiger partial charge in [-0.05, 0) is 0 Å². The van der Waals surface area contributed by atoms with Crippen LogP contribution in [0, 0.1) is 0 Å². The zero-order valence-electron chi connectivity index (χ0n) is 11.7. The SMILES string of the molecule is O=C(O)C(F)(F)OC(F)(F)C(F)(F)OC(F)(F)C(F)(F)OC(F)(F)C(F)(F)F. The number of halogens is 15. The first-order valence-corrected chi connectivity index (χ1v) is 5.49. The minimum absolute atomic E-state index is 1.32. The monoisotopic (exact) mass is 462 g/mol. The maximum atomic E-state index is 12.8. The van der Waals surface area contributed by atoms with Gasteiger partial charge in [-0.1, -0.05) is 0 Å². The van der Waals surface area contributed by atoms with E-state index in [2.05, 4.69) is 0 Å². The highest BCUT2D eigenvalue weighted by Crippen LogP contribution is 2.50. The topological polar surface area (TPSA) is 65.0 Å². The van der Waals surface area contributed by atoms with Crippen molar-refractivity contribution in [2.24, 2.45) is 0 Å². The van der Waals surface area contributed by atoms with Gasteiger partial charge in [0.25, 0.3) is 0 Å². The van der Waals surface area contributed by atoms with Crippen LogP contribution in [0.4, 0.5) is 65.9 Å². The number of carbonyl (C=O) groups is 1. The van der Waals surface area contributed by atoms with Crippen LogP contribution in [0.15, 0.2) is 0 Å². The number of ether oxygens (including phenoxy) is 3. The van der Waals surface area contributed by atoms with Crippen molar-refractivity contribution in [1.29, 1.82) is 0 Å². The van der Waals surface area contributed by atoms with E-state index in [1.807, 2.05) is 0 Å². The predicted molar refractivity (Wildman–Crippen MR) is 46.6 cm³/mol. The molecule has 28 heavy (non-hydrogen) atoms. The summed E-state index contributed by atoms with van der Waals surface area (Å²) < 4.78 is 190. The number of carboxylic acid groups (broad SMARTS) is 1. The van der Waals surface area contributed by atoms with Gasteiger partial charge in [0, 0.05) is 0 Å². The van der Waals surface area contributed by atoms with Gasteiger partial charge in [0.1, 0.15) is 0 Å². The second-order valence-electron chi connectivity index (χ2n) is 4.21. The first-order chi connectivity index (χ1) is 11.8. The van der Waals surface area contributed by atoms with Crippen LogP contribution >= 0.6 is 0 Å². The fourth-order valence-electron chi connectivity index (χ4n) is 0.822. The van der Waals surface area contributed by atoms with Crippen molar-refractivity contribution in [3.05, 3.63) is 0 Å². The van der Waals surface area contributed by atoms with Crippen LogP contribution in [0.2, 0.25) is 0 Å². The van der Waals surface area contributed by atoms with Gasteiger partial charge < -0.3 is 5.11 Å². The molecule has 0 spiro atoms. The standard InChI is InChI=1S/C8HF15O5/c9-2(10,1(24)25)26-5(16,17)6(18,19)28-8(22,23)7(20,21)27-4(14,15)3(11,12)13/h(H,24,25). The maximum Gasteiger partial charge on any atom is 0.483 e. The lowest BCUT2D eigenvalue weighted by Gasteiger charge is -2.33. The molecule has 0 aromatic heterocycles. The molecule has 0 fully saturated rings. The van der Waals surface area contributed by atoms with E-state index in [0.29, 0.717) is 0 Å². The summed E-state index contributed by atoms with van der Waals surface area (Å²) in [6.45, 7) is 0. The van der Waals surface area contributed by atoms with Crippen molar-refractivity contribution in [1.82, 2.24) is 0 Å². The molecule has 0 unspecified atom stereocenters. The summed E-state index contributed by atoms with van der Waals surface area (Å²) in [5, 5.41) is 7.66. The zero-order valence-corrected chi connectivity index (χ0v) is 11.7. The van der Waals surface area contributed by atoms with E-state index >= 15 is 0 Å². The molecule has 20 heteroatoms. The Morgan fingerprint density at radius 2 is 0.750 bits per heavy atom. The lowest BCUT2D eigenvalue weighted by molar-refractivity contribution is -0.565. The summed E-state index contributed by atoms with van der Waals surface area (Å²) in [6.07, 6.45) is -49.9. The van der Waals surface area contributed by atoms with Gasteiger partial charge in [0.15, 0.2) is 0 Å². The molecule has 0 heterocycles. The molecule has 0 aliphatic rings. The molecular formula is C8HF15O5. The Morgan fingerprint density at radius 3 is 1.00 bits per heavy atom. The molecule has 0 aliphatic carbocycles. The Balaban J connectivity index is 5.73. The smallest absolute Gasteiger partial charge is 0.475 e. The highest BCUT2D eigenvalue weighted by Gasteiger charge is 2.76. The van der Waals surface area contributed by atoms with Crippen LogP contribution in [0.3, 0.4) is 0 Å². The van der Waals surface area contributed by atoms with E-state index in [0.717, 1.165) is 0 Å². The molecular weight excluding hydrogens is 461 g/mol. The highest BCUT2D eigenvalue weighted by molar-refractivity contribution is 5.73. The van der Waals surface area contributed by atoms with Crippen LogP contribution in [-0.4, -0.2) is 53.9 Å². The van der Waals surface area contributed by atoms with Crippen molar-refractivity contribution >= 4 is 5.97 Å². The van der Waals surface area contributed by atoms with Crippen LogP contribution in [0.25, 0.3) is 0 Å². The average molecular weight is 462 g/mol. The van der Waals surface area contributed by atoms with Gasteiger partial charge in [-0.15, -0.1) is 0 Å². The number of hydrogen-bond donors (Lipinski definition) is 1. The molecule has 0 aliphatic heterocycles. The van der Waals surface area contributed by atoms with E-state index in [1.165, 1.54) is 9.47 Å². The van der Waals surface area contributed by atoms with Crippen molar-refractivity contribution in [3.63, 3.8) is 0 Å². The van der Waals surface area contributed by atoms with Gasteiger partial charge in [-0.25, -0.2) is 19.0 Å². The Morgan fingerprint density at radius 1 is 0.500 bits per heavy atom. The fraction of sp³-hybridized carbons (Fsp3) is 0.875. The third-order valence-electron chi connectivity index (χ3n) is 2.03. The van der Waals surface area contributed by atoms with E-state index in [9.17, 15) is 70.7 Å². The first-order valence-electron chi connectivity index (χ1n) is 5.49. The number of carboxylic acids is 1. The molecule has 0 atom stereocenters.